The molecule has 1 unspecified atom stereocenters. The summed E-state index contributed by atoms with van der Waals surface area (Å²) in [4.78, 5) is 40.7. The molecule has 8 heteroatoms. The third-order valence-corrected chi connectivity index (χ3v) is 5.05. The largest absolute Gasteiger partial charge is 0.322 e. The van der Waals surface area contributed by atoms with Gasteiger partial charge in [0.1, 0.15) is 11.6 Å². The van der Waals surface area contributed by atoms with Crippen LogP contribution >= 0.6 is 0 Å². The molecule has 4 rings (SSSR count). The molecule has 0 aromatic heterocycles. The second-order valence-electron chi connectivity index (χ2n) is 6.51. The molecule has 2 aliphatic rings. The minimum Gasteiger partial charge on any atom is -0.322 e. The Balaban J connectivity index is 1.85. The molecule has 1 N–H and O–H groups in total. The molecule has 27 heavy (non-hydrogen) atoms. The zero-order chi connectivity index (χ0) is 19.3. The van der Waals surface area contributed by atoms with Gasteiger partial charge in [0.25, 0.3) is 11.8 Å². The Labute approximate surface area is 153 Å². The molecule has 2 aromatic rings. The van der Waals surface area contributed by atoms with Crippen LogP contribution < -0.4 is 10.2 Å². The van der Waals surface area contributed by atoms with Gasteiger partial charge in [-0.2, -0.15) is 0 Å². The van der Waals surface area contributed by atoms with E-state index in [0.717, 1.165) is 21.9 Å². The van der Waals surface area contributed by atoms with Gasteiger partial charge in [0.15, 0.2) is 0 Å². The van der Waals surface area contributed by atoms with Gasteiger partial charge < -0.3 is 10.2 Å². The fraction of sp³-hybridized carbons (Fsp3) is 0.211. The van der Waals surface area contributed by atoms with Crippen molar-refractivity contribution in [2.75, 3.05) is 17.3 Å². The van der Waals surface area contributed by atoms with Crippen molar-refractivity contribution in [3.8, 4) is 0 Å². The van der Waals surface area contributed by atoms with E-state index >= 15 is 0 Å². The standard InChI is InChI=1S/C19H15F2N3O3/c1-23-17(26)13-6-3-7-14(21)16(13)24-15(25)8-9-19(23,24)18(27)22-12-5-2-4-11(20)10-12/h2-7,10H,8-9H2,1H3,(H,22,27). The zero-order valence-electron chi connectivity index (χ0n) is 14.3. The van der Waals surface area contributed by atoms with Crippen LogP contribution in [-0.4, -0.2) is 35.3 Å². The van der Waals surface area contributed by atoms with E-state index in [4.69, 9.17) is 0 Å². The van der Waals surface area contributed by atoms with Gasteiger partial charge in [-0.05, 0) is 30.3 Å². The Bertz CT molecular complexity index is 994. The zero-order valence-corrected chi connectivity index (χ0v) is 14.3. The highest BCUT2D eigenvalue weighted by atomic mass is 19.1. The molecule has 1 atom stereocenters. The summed E-state index contributed by atoms with van der Waals surface area (Å²) >= 11 is 0. The maximum Gasteiger partial charge on any atom is 0.271 e. The monoisotopic (exact) mass is 371 g/mol. The third-order valence-electron chi connectivity index (χ3n) is 5.05. The average Bonchev–Trinajstić information content (AvgIpc) is 2.98. The van der Waals surface area contributed by atoms with Crippen molar-refractivity contribution >= 4 is 29.1 Å². The molecule has 1 fully saturated rings. The number of para-hydroxylation sites is 1. The van der Waals surface area contributed by atoms with Crippen LogP contribution in [0, 0.1) is 11.6 Å². The van der Waals surface area contributed by atoms with Crippen LogP contribution in [0.5, 0.6) is 0 Å². The second kappa shape index (κ2) is 5.87. The smallest absolute Gasteiger partial charge is 0.271 e. The molecule has 138 valence electrons. The lowest BCUT2D eigenvalue weighted by molar-refractivity contribution is -0.128. The first-order chi connectivity index (χ1) is 12.9. The maximum atomic E-state index is 14.6. The number of hydrogen-bond acceptors (Lipinski definition) is 3. The molecule has 2 aliphatic heterocycles. The highest BCUT2D eigenvalue weighted by Gasteiger charge is 2.60. The van der Waals surface area contributed by atoms with Gasteiger partial charge in [0, 0.05) is 25.6 Å². The van der Waals surface area contributed by atoms with Crippen molar-refractivity contribution in [2.45, 2.75) is 18.5 Å². The van der Waals surface area contributed by atoms with Gasteiger partial charge >= 0.3 is 0 Å². The highest BCUT2D eigenvalue weighted by molar-refractivity contribution is 6.18. The molecule has 0 radical (unpaired) electrons. The van der Waals surface area contributed by atoms with Gasteiger partial charge in [-0.25, -0.2) is 8.78 Å². The molecule has 0 aliphatic carbocycles. The van der Waals surface area contributed by atoms with Crippen LogP contribution in [0.2, 0.25) is 0 Å². The van der Waals surface area contributed by atoms with E-state index < -0.39 is 35.0 Å². The number of amides is 3. The molecule has 1 saturated heterocycles. The molecule has 6 nitrogen and oxygen atoms in total. The number of nitrogens with zero attached hydrogens (tertiary/aromatic N) is 2. The van der Waals surface area contributed by atoms with E-state index in [2.05, 4.69) is 5.32 Å². The van der Waals surface area contributed by atoms with E-state index in [9.17, 15) is 23.2 Å². The number of nitrogens with one attached hydrogen (secondary N) is 1. The fourth-order valence-electron chi connectivity index (χ4n) is 3.77. The Kier molecular flexibility index (Phi) is 3.73. The Hall–Kier alpha value is -3.29. The van der Waals surface area contributed by atoms with Crippen molar-refractivity contribution in [3.63, 3.8) is 0 Å². The normalized spacial score (nSPS) is 21.1. The van der Waals surface area contributed by atoms with Crippen LogP contribution in [0.1, 0.15) is 23.2 Å². The van der Waals surface area contributed by atoms with Crippen molar-refractivity contribution in [2.24, 2.45) is 0 Å². The lowest BCUT2D eigenvalue weighted by Gasteiger charge is -2.47. The van der Waals surface area contributed by atoms with Gasteiger partial charge in [-0.3, -0.25) is 19.3 Å². The van der Waals surface area contributed by atoms with Crippen LogP contribution in [0.3, 0.4) is 0 Å². The number of anilines is 2. The molecule has 0 saturated carbocycles. The summed E-state index contributed by atoms with van der Waals surface area (Å²) in [6, 6.07) is 9.18. The molecule has 0 bridgehead atoms. The summed E-state index contributed by atoms with van der Waals surface area (Å²) < 4.78 is 28.0. The molecule has 0 spiro atoms. The second-order valence-corrected chi connectivity index (χ2v) is 6.51. The number of carbonyl (C=O) groups is 3. The molecular weight excluding hydrogens is 356 g/mol. The summed E-state index contributed by atoms with van der Waals surface area (Å²) in [5.41, 5.74) is -1.72. The first-order valence-corrected chi connectivity index (χ1v) is 8.33. The lowest BCUT2D eigenvalue weighted by Crippen LogP contribution is -2.68. The Morgan fingerprint density at radius 2 is 1.89 bits per heavy atom. The van der Waals surface area contributed by atoms with Crippen LogP contribution in [-0.2, 0) is 9.59 Å². The van der Waals surface area contributed by atoms with E-state index in [1.807, 2.05) is 0 Å². The summed E-state index contributed by atoms with van der Waals surface area (Å²) in [6.45, 7) is 0. The quantitative estimate of drug-likeness (QED) is 0.882. The van der Waals surface area contributed by atoms with Crippen molar-refractivity contribution in [3.05, 3.63) is 59.7 Å². The summed E-state index contributed by atoms with van der Waals surface area (Å²) in [7, 11) is 1.40. The Morgan fingerprint density at radius 1 is 1.15 bits per heavy atom. The van der Waals surface area contributed by atoms with E-state index in [-0.39, 0.29) is 29.8 Å². The van der Waals surface area contributed by atoms with Gasteiger partial charge in [0.2, 0.25) is 11.6 Å². The van der Waals surface area contributed by atoms with Crippen molar-refractivity contribution in [1.82, 2.24) is 4.90 Å². The number of likely N-dealkylation sites (N-methyl/N-ethyl adjacent to an activating group) is 1. The fourth-order valence-corrected chi connectivity index (χ4v) is 3.77. The summed E-state index contributed by atoms with van der Waals surface area (Å²) in [5.74, 6) is -3.04. The van der Waals surface area contributed by atoms with Gasteiger partial charge in [-0.15, -0.1) is 0 Å². The first-order valence-electron chi connectivity index (χ1n) is 8.33. The first kappa shape index (κ1) is 17.1. The highest BCUT2D eigenvalue weighted by Crippen LogP contribution is 2.45. The van der Waals surface area contributed by atoms with E-state index in [0.29, 0.717) is 0 Å². The van der Waals surface area contributed by atoms with Crippen LogP contribution in [0.15, 0.2) is 42.5 Å². The van der Waals surface area contributed by atoms with Crippen molar-refractivity contribution < 1.29 is 23.2 Å². The predicted octanol–water partition coefficient (Wildman–Crippen LogP) is 2.51. The van der Waals surface area contributed by atoms with Gasteiger partial charge in [0.05, 0.1) is 11.3 Å². The van der Waals surface area contributed by atoms with Gasteiger partial charge in [-0.1, -0.05) is 12.1 Å². The number of fused-ring (bicyclic) bond motifs is 3. The van der Waals surface area contributed by atoms with E-state index in [1.165, 1.54) is 37.4 Å². The summed E-state index contributed by atoms with van der Waals surface area (Å²) in [5, 5.41) is 2.55. The van der Waals surface area contributed by atoms with Crippen LogP contribution in [0.4, 0.5) is 20.2 Å². The maximum absolute atomic E-state index is 14.6. The number of benzene rings is 2. The number of rotatable bonds is 2. The number of carbonyl (C=O) groups excluding carboxylic acids is 3. The molecular formula is C19H15F2N3O3. The average molecular weight is 371 g/mol. The molecule has 2 aromatic carbocycles. The lowest BCUT2D eigenvalue weighted by atomic mass is 9.96. The SMILES string of the molecule is CN1C(=O)c2cccc(F)c2N2C(=O)CCC12C(=O)Nc1cccc(F)c1. The number of halogens is 2. The van der Waals surface area contributed by atoms with Crippen LogP contribution in [0.25, 0.3) is 0 Å². The minimum atomic E-state index is -1.71. The Morgan fingerprint density at radius 3 is 2.63 bits per heavy atom. The van der Waals surface area contributed by atoms with Crippen molar-refractivity contribution in [1.29, 1.82) is 0 Å². The third kappa shape index (κ3) is 2.33. The predicted molar refractivity (Wildman–Crippen MR) is 93.0 cm³/mol. The molecule has 2 heterocycles. The minimum absolute atomic E-state index is 0.00297. The topological polar surface area (TPSA) is 69.7 Å². The van der Waals surface area contributed by atoms with E-state index in [1.54, 1.807) is 0 Å². The molecule has 3 amide bonds. The number of hydrogen-bond donors (Lipinski definition) is 1. The summed E-state index contributed by atoms with van der Waals surface area (Å²) in [6.07, 6.45) is -0.0229.